The topological polar surface area (TPSA) is 70.6 Å². The molecule has 1 fully saturated rings. The van der Waals surface area contributed by atoms with Crippen LogP contribution < -0.4 is 10.8 Å². The summed E-state index contributed by atoms with van der Waals surface area (Å²) in [6.07, 6.45) is 3.24. The molecule has 24 heavy (non-hydrogen) atoms. The van der Waals surface area contributed by atoms with Crippen LogP contribution in [0.5, 0.6) is 0 Å². The Hall–Kier alpha value is -2.37. The fraction of sp³-hybridized carbons (Fsp3) is 0.316. The molecule has 3 N–H and O–H groups in total. The molecule has 2 aromatic carbocycles. The molecule has 1 saturated heterocycles. The van der Waals surface area contributed by atoms with Gasteiger partial charge in [-0.15, -0.1) is 0 Å². The van der Waals surface area contributed by atoms with Crippen molar-refractivity contribution in [3.8, 4) is 0 Å². The van der Waals surface area contributed by atoms with Gasteiger partial charge < -0.3 is 10.1 Å². The number of nitrogens with one attached hydrogen (secondary N) is 2. The summed E-state index contributed by atoms with van der Waals surface area (Å²) in [4.78, 5) is 12.2. The minimum atomic E-state index is -0.565. The van der Waals surface area contributed by atoms with Crippen LogP contribution in [-0.4, -0.2) is 23.9 Å². The molecule has 0 bridgehead atoms. The highest BCUT2D eigenvalue weighted by Crippen LogP contribution is 2.27. The minimum absolute atomic E-state index is 0.0100. The summed E-state index contributed by atoms with van der Waals surface area (Å²) in [7, 11) is 0. The van der Waals surface area contributed by atoms with E-state index < -0.39 is 11.8 Å². The van der Waals surface area contributed by atoms with Crippen molar-refractivity contribution in [2.45, 2.75) is 31.4 Å². The van der Waals surface area contributed by atoms with Crippen LogP contribution in [0.3, 0.4) is 0 Å². The molecule has 1 amide bonds. The minimum Gasteiger partial charge on any atom is -0.360 e. The zero-order chi connectivity index (χ0) is 16.8. The first kappa shape index (κ1) is 16.5. The number of hydrogen-bond donors (Lipinski definition) is 3. The van der Waals surface area contributed by atoms with Crippen molar-refractivity contribution in [1.82, 2.24) is 5.48 Å². The van der Waals surface area contributed by atoms with Crippen molar-refractivity contribution in [1.29, 1.82) is 0 Å². The zero-order valence-electron chi connectivity index (χ0n) is 13.4. The van der Waals surface area contributed by atoms with Gasteiger partial charge >= 0.3 is 0 Å². The number of hydrogen-bond acceptors (Lipinski definition) is 4. The maximum atomic E-state index is 12.2. The predicted octanol–water partition coefficient (Wildman–Crippen LogP) is 3.26. The second-order valence-electron chi connectivity index (χ2n) is 5.94. The number of carbonyl (C=O) groups is 1. The van der Waals surface area contributed by atoms with Gasteiger partial charge in [0.05, 0.1) is 5.92 Å². The average molecular weight is 326 g/mol. The molecule has 0 radical (unpaired) electrons. The van der Waals surface area contributed by atoms with Gasteiger partial charge in [-0.3, -0.25) is 10.0 Å². The van der Waals surface area contributed by atoms with Gasteiger partial charge in [-0.25, -0.2) is 5.48 Å². The quantitative estimate of drug-likeness (QED) is 0.582. The molecule has 0 spiro atoms. The summed E-state index contributed by atoms with van der Waals surface area (Å²) in [5, 5.41) is 12.5. The monoisotopic (exact) mass is 326 g/mol. The largest absolute Gasteiger partial charge is 0.360 e. The number of ether oxygens (including phenoxy) is 1. The Labute approximate surface area is 141 Å². The molecular weight excluding hydrogens is 304 g/mol. The van der Waals surface area contributed by atoms with Crippen LogP contribution in [0, 0.1) is 0 Å². The second kappa shape index (κ2) is 7.95. The van der Waals surface area contributed by atoms with Gasteiger partial charge in [0.1, 0.15) is 6.23 Å². The smallest absolute Gasteiger partial charge is 0.255 e. The Morgan fingerprint density at radius 3 is 2.58 bits per heavy atom. The molecule has 0 saturated carbocycles. The summed E-state index contributed by atoms with van der Waals surface area (Å²) in [6.45, 7) is 0.775. The van der Waals surface area contributed by atoms with E-state index in [4.69, 9.17) is 9.94 Å². The fourth-order valence-corrected chi connectivity index (χ4v) is 3.05. The zero-order valence-corrected chi connectivity index (χ0v) is 13.4. The van der Waals surface area contributed by atoms with Gasteiger partial charge in [0.2, 0.25) is 0 Å². The Bertz CT molecular complexity index is 669. The van der Waals surface area contributed by atoms with Gasteiger partial charge in [-0.1, -0.05) is 42.5 Å². The third-order valence-electron chi connectivity index (χ3n) is 4.23. The normalized spacial score (nSPS) is 18.6. The molecule has 1 aliphatic rings. The molecule has 5 heteroatoms. The van der Waals surface area contributed by atoms with E-state index in [1.165, 1.54) is 0 Å². The van der Waals surface area contributed by atoms with Crippen molar-refractivity contribution in [3.63, 3.8) is 0 Å². The Balaban J connectivity index is 1.85. The highest BCUT2D eigenvalue weighted by atomic mass is 16.5. The number of benzene rings is 2. The van der Waals surface area contributed by atoms with Crippen LogP contribution in [0.2, 0.25) is 0 Å². The SMILES string of the molecule is O=C(NO)C(c1ccccc1)c1cccc(NC2CCCCO2)c1. The van der Waals surface area contributed by atoms with Crippen molar-refractivity contribution in [2.75, 3.05) is 11.9 Å². The molecule has 2 atom stereocenters. The molecule has 2 unspecified atom stereocenters. The molecule has 1 heterocycles. The lowest BCUT2D eigenvalue weighted by Crippen LogP contribution is -2.28. The Kier molecular flexibility index (Phi) is 5.46. The molecule has 0 aromatic heterocycles. The molecule has 5 nitrogen and oxygen atoms in total. The van der Waals surface area contributed by atoms with E-state index in [1.807, 2.05) is 54.6 Å². The first-order valence-corrected chi connectivity index (χ1v) is 8.25. The van der Waals surface area contributed by atoms with E-state index in [9.17, 15) is 4.79 Å². The summed E-state index contributed by atoms with van der Waals surface area (Å²) in [5.74, 6) is -1.02. The number of rotatable bonds is 5. The van der Waals surface area contributed by atoms with Crippen molar-refractivity contribution < 1.29 is 14.7 Å². The van der Waals surface area contributed by atoms with Crippen LogP contribution in [0.4, 0.5) is 5.69 Å². The molecule has 2 aromatic rings. The first-order valence-electron chi connectivity index (χ1n) is 8.25. The summed E-state index contributed by atoms with van der Waals surface area (Å²) in [6, 6.07) is 17.1. The first-order chi connectivity index (χ1) is 11.8. The van der Waals surface area contributed by atoms with Crippen molar-refractivity contribution in [3.05, 3.63) is 65.7 Å². The number of carbonyl (C=O) groups excluding carboxylic acids is 1. The van der Waals surface area contributed by atoms with Crippen LogP contribution in [-0.2, 0) is 9.53 Å². The van der Waals surface area contributed by atoms with Gasteiger partial charge in [-0.2, -0.15) is 0 Å². The lowest BCUT2D eigenvalue weighted by molar-refractivity contribution is -0.129. The van der Waals surface area contributed by atoms with Crippen molar-refractivity contribution in [2.24, 2.45) is 0 Å². The number of amides is 1. The van der Waals surface area contributed by atoms with E-state index in [1.54, 1.807) is 5.48 Å². The highest BCUT2D eigenvalue weighted by molar-refractivity contribution is 5.86. The maximum Gasteiger partial charge on any atom is 0.255 e. The second-order valence-corrected chi connectivity index (χ2v) is 5.94. The summed E-state index contributed by atoms with van der Waals surface area (Å²) < 4.78 is 5.71. The number of hydroxylamine groups is 1. The van der Waals surface area contributed by atoms with Crippen LogP contribution >= 0.6 is 0 Å². The highest BCUT2D eigenvalue weighted by Gasteiger charge is 2.23. The molecule has 3 rings (SSSR count). The third-order valence-corrected chi connectivity index (χ3v) is 4.23. The lowest BCUT2D eigenvalue weighted by Gasteiger charge is -2.25. The van der Waals surface area contributed by atoms with E-state index in [-0.39, 0.29) is 6.23 Å². The number of anilines is 1. The van der Waals surface area contributed by atoms with Crippen LogP contribution in [0.15, 0.2) is 54.6 Å². The van der Waals surface area contributed by atoms with E-state index in [0.717, 1.165) is 42.7 Å². The summed E-state index contributed by atoms with van der Waals surface area (Å²) >= 11 is 0. The molecule has 0 aliphatic carbocycles. The molecule has 126 valence electrons. The maximum absolute atomic E-state index is 12.2. The van der Waals surface area contributed by atoms with Crippen LogP contribution in [0.1, 0.15) is 36.3 Å². The fourth-order valence-electron chi connectivity index (χ4n) is 3.05. The van der Waals surface area contributed by atoms with E-state index in [0.29, 0.717) is 0 Å². The van der Waals surface area contributed by atoms with Gasteiger partial charge in [0.15, 0.2) is 0 Å². The molecular formula is C19H22N2O3. The third kappa shape index (κ3) is 3.93. The van der Waals surface area contributed by atoms with E-state index in [2.05, 4.69) is 5.32 Å². The lowest BCUT2D eigenvalue weighted by atomic mass is 9.90. The molecule has 1 aliphatic heterocycles. The summed E-state index contributed by atoms with van der Waals surface area (Å²) in [5.41, 5.74) is 4.33. The van der Waals surface area contributed by atoms with Gasteiger partial charge in [-0.05, 0) is 42.5 Å². The standard InChI is InChI=1S/C19H22N2O3/c22-19(21-23)18(14-7-2-1-3-8-14)15-9-6-10-16(13-15)20-17-11-4-5-12-24-17/h1-3,6-10,13,17-18,20,23H,4-5,11-12H2,(H,21,22). The Morgan fingerprint density at radius 1 is 1.08 bits per heavy atom. The van der Waals surface area contributed by atoms with E-state index >= 15 is 0 Å². The van der Waals surface area contributed by atoms with Gasteiger partial charge in [0.25, 0.3) is 5.91 Å². The Morgan fingerprint density at radius 2 is 1.88 bits per heavy atom. The van der Waals surface area contributed by atoms with Gasteiger partial charge in [0, 0.05) is 12.3 Å². The van der Waals surface area contributed by atoms with Crippen molar-refractivity contribution >= 4 is 11.6 Å². The predicted molar refractivity (Wildman–Crippen MR) is 91.9 cm³/mol. The van der Waals surface area contributed by atoms with Crippen LogP contribution in [0.25, 0.3) is 0 Å². The average Bonchev–Trinajstić information content (AvgIpc) is 2.64.